The molecule has 1 unspecified atom stereocenters. The summed E-state index contributed by atoms with van der Waals surface area (Å²) in [7, 11) is 1.72. The van der Waals surface area contributed by atoms with Gasteiger partial charge < -0.3 is 19.7 Å². The number of likely N-dealkylation sites (tertiary alicyclic amines) is 1. The Hall–Kier alpha value is -2.01. The van der Waals surface area contributed by atoms with Crippen molar-refractivity contribution < 1.29 is 9.47 Å². The van der Waals surface area contributed by atoms with Gasteiger partial charge in [0.05, 0.1) is 19.2 Å². The van der Waals surface area contributed by atoms with E-state index in [1.165, 1.54) is 42.9 Å². The van der Waals surface area contributed by atoms with Crippen LogP contribution < -0.4 is 14.8 Å². The zero-order chi connectivity index (χ0) is 22.2. The van der Waals surface area contributed by atoms with Crippen LogP contribution in [0.3, 0.4) is 0 Å². The second kappa shape index (κ2) is 8.85. The van der Waals surface area contributed by atoms with Crippen molar-refractivity contribution in [2.75, 3.05) is 38.7 Å². The Labute approximate surface area is 187 Å². The molecule has 1 aromatic carbocycles. The first-order chi connectivity index (χ1) is 14.8. The topological polar surface area (TPSA) is 46.6 Å². The molecule has 0 amide bonds. The summed E-state index contributed by atoms with van der Waals surface area (Å²) in [6.07, 6.45) is 4.71. The van der Waals surface area contributed by atoms with E-state index in [-0.39, 0.29) is 5.41 Å². The molecule has 0 bridgehead atoms. The van der Waals surface area contributed by atoms with Gasteiger partial charge in [-0.15, -0.1) is 0 Å². The molecule has 2 aliphatic rings. The zero-order valence-electron chi connectivity index (χ0n) is 20.2. The number of benzene rings is 1. The van der Waals surface area contributed by atoms with Crippen LogP contribution in [-0.2, 0) is 11.8 Å². The van der Waals surface area contributed by atoms with E-state index in [1.54, 1.807) is 7.11 Å². The highest BCUT2D eigenvalue weighted by atomic mass is 16.5. The summed E-state index contributed by atoms with van der Waals surface area (Å²) in [4.78, 5) is 7.64. The highest BCUT2D eigenvalue weighted by Gasteiger charge is 2.40. The number of ether oxygens (including phenoxy) is 2. The first kappa shape index (κ1) is 22.2. The lowest BCUT2D eigenvalue weighted by Crippen LogP contribution is -2.24. The minimum atomic E-state index is 0.0890. The van der Waals surface area contributed by atoms with Gasteiger partial charge in [-0.2, -0.15) is 0 Å². The molecule has 1 fully saturated rings. The van der Waals surface area contributed by atoms with E-state index in [9.17, 15) is 0 Å². The first-order valence-corrected chi connectivity index (χ1v) is 12.0. The standard InChI is InChI=1S/C26H39N3O2/c1-17(2)27-25-19-15-22(30-6)23(31-13-9-12-29-10-7-8-11-29)16-20(19)28-21-14-18(3)26(4,5)24(21)25/h15-18H,7-14H2,1-6H3,(H,27,28). The van der Waals surface area contributed by atoms with E-state index in [1.807, 2.05) is 0 Å². The number of aromatic nitrogens is 1. The minimum absolute atomic E-state index is 0.0890. The van der Waals surface area contributed by atoms with Gasteiger partial charge in [-0.05, 0) is 70.0 Å². The van der Waals surface area contributed by atoms with Gasteiger partial charge in [0.15, 0.2) is 11.5 Å². The predicted molar refractivity (Wildman–Crippen MR) is 129 cm³/mol. The van der Waals surface area contributed by atoms with Crippen LogP contribution in [0.1, 0.15) is 65.1 Å². The number of nitrogens with zero attached hydrogens (tertiary/aromatic N) is 2. The van der Waals surface area contributed by atoms with Crippen LogP contribution >= 0.6 is 0 Å². The van der Waals surface area contributed by atoms with Crippen LogP contribution in [0.4, 0.5) is 5.69 Å². The molecule has 2 aromatic rings. The third-order valence-electron chi connectivity index (χ3n) is 7.23. The molecule has 5 nitrogen and oxygen atoms in total. The van der Waals surface area contributed by atoms with E-state index in [2.05, 4.69) is 57.0 Å². The summed E-state index contributed by atoms with van der Waals surface area (Å²) in [5.41, 5.74) is 4.87. The van der Waals surface area contributed by atoms with E-state index in [0.717, 1.165) is 41.8 Å². The zero-order valence-corrected chi connectivity index (χ0v) is 20.2. The lowest BCUT2D eigenvalue weighted by Gasteiger charge is -2.29. The van der Waals surface area contributed by atoms with Crippen molar-refractivity contribution in [2.45, 2.75) is 71.8 Å². The highest BCUT2D eigenvalue weighted by Crippen LogP contribution is 2.49. The van der Waals surface area contributed by atoms with Gasteiger partial charge in [0.25, 0.3) is 0 Å². The van der Waals surface area contributed by atoms with Gasteiger partial charge >= 0.3 is 0 Å². The summed E-state index contributed by atoms with van der Waals surface area (Å²) in [6.45, 7) is 15.7. The molecular weight excluding hydrogens is 386 g/mol. The average molecular weight is 426 g/mol. The smallest absolute Gasteiger partial charge is 0.163 e. The Morgan fingerprint density at radius 1 is 1.19 bits per heavy atom. The van der Waals surface area contributed by atoms with Crippen molar-refractivity contribution >= 4 is 16.6 Å². The molecule has 1 saturated heterocycles. The average Bonchev–Trinajstić information content (AvgIpc) is 3.30. The molecule has 2 heterocycles. The number of fused-ring (bicyclic) bond motifs is 2. The Kier molecular flexibility index (Phi) is 6.34. The predicted octanol–water partition coefficient (Wildman–Crippen LogP) is 5.40. The molecule has 4 rings (SSSR count). The molecule has 5 heteroatoms. The summed E-state index contributed by atoms with van der Waals surface area (Å²) in [5, 5.41) is 4.86. The SMILES string of the molecule is COc1cc2c(NC(C)C)c3c(nc2cc1OCCCN1CCCC1)CC(C)C3(C)C. The summed E-state index contributed by atoms with van der Waals surface area (Å²) in [6, 6.07) is 4.53. The van der Waals surface area contributed by atoms with E-state index in [0.29, 0.717) is 18.6 Å². The van der Waals surface area contributed by atoms with Gasteiger partial charge in [-0.1, -0.05) is 20.8 Å². The van der Waals surface area contributed by atoms with Gasteiger partial charge in [0.2, 0.25) is 0 Å². The van der Waals surface area contributed by atoms with Gasteiger partial charge in [-0.25, -0.2) is 0 Å². The number of hydrogen-bond acceptors (Lipinski definition) is 5. The Morgan fingerprint density at radius 3 is 2.61 bits per heavy atom. The molecule has 31 heavy (non-hydrogen) atoms. The van der Waals surface area contributed by atoms with Crippen molar-refractivity contribution in [3.05, 3.63) is 23.4 Å². The fourth-order valence-electron chi connectivity index (χ4n) is 5.14. The summed E-state index contributed by atoms with van der Waals surface area (Å²) in [5.74, 6) is 2.14. The lowest BCUT2D eigenvalue weighted by molar-refractivity contribution is 0.254. The Balaban J connectivity index is 1.66. The summed E-state index contributed by atoms with van der Waals surface area (Å²) >= 11 is 0. The number of hydrogen-bond donors (Lipinski definition) is 1. The van der Waals surface area contributed by atoms with E-state index >= 15 is 0 Å². The molecule has 1 aliphatic carbocycles. The lowest BCUT2D eigenvalue weighted by atomic mass is 9.78. The van der Waals surface area contributed by atoms with Crippen molar-refractivity contribution in [3.63, 3.8) is 0 Å². The van der Waals surface area contributed by atoms with Crippen molar-refractivity contribution in [1.82, 2.24) is 9.88 Å². The Bertz CT molecular complexity index is 932. The van der Waals surface area contributed by atoms with Crippen molar-refractivity contribution in [2.24, 2.45) is 5.92 Å². The maximum absolute atomic E-state index is 6.19. The monoisotopic (exact) mass is 425 g/mol. The van der Waals surface area contributed by atoms with Gasteiger partial charge in [0.1, 0.15) is 0 Å². The third kappa shape index (κ3) is 4.34. The van der Waals surface area contributed by atoms with Crippen LogP contribution in [0.5, 0.6) is 11.5 Å². The molecular formula is C26H39N3O2. The number of nitrogens with one attached hydrogen (secondary N) is 1. The van der Waals surface area contributed by atoms with Crippen LogP contribution in [0, 0.1) is 5.92 Å². The van der Waals surface area contributed by atoms with Crippen LogP contribution in [-0.4, -0.2) is 49.3 Å². The van der Waals surface area contributed by atoms with Crippen LogP contribution in [0.25, 0.3) is 10.9 Å². The molecule has 1 aromatic heterocycles. The van der Waals surface area contributed by atoms with Crippen molar-refractivity contribution in [1.29, 1.82) is 0 Å². The van der Waals surface area contributed by atoms with Crippen LogP contribution in [0.2, 0.25) is 0 Å². The normalized spacial score (nSPS) is 20.4. The quantitative estimate of drug-likeness (QED) is 0.574. The first-order valence-electron chi connectivity index (χ1n) is 12.0. The largest absolute Gasteiger partial charge is 0.493 e. The molecule has 170 valence electrons. The maximum Gasteiger partial charge on any atom is 0.163 e. The molecule has 0 radical (unpaired) electrons. The number of pyridine rings is 1. The number of methoxy groups -OCH3 is 1. The highest BCUT2D eigenvalue weighted by molar-refractivity contribution is 5.96. The van der Waals surface area contributed by atoms with Gasteiger partial charge in [0, 0.05) is 41.0 Å². The molecule has 1 atom stereocenters. The summed E-state index contributed by atoms with van der Waals surface area (Å²) < 4.78 is 11.9. The molecule has 1 N–H and O–H groups in total. The van der Waals surface area contributed by atoms with E-state index < -0.39 is 0 Å². The van der Waals surface area contributed by atoms with E-state index in [4.69, 9.17) is 14.5 Å². The third-order valence-corrected chi connectivity index (χ3v) is 7.23. The molecule has 0 spiro atoms. The molecule has 0 saturated carbocycles. The van der Waals surface area contributed by atoms with Gasteiger partial charge in [-0.3, -0.25) is 4.98 Å². The second-order valence-corrected chi connectivity index (χ2v) is 10.2. The molecule has 1 aliphatic heterocycles. The second-order valence-electron chi connectivity index (χ2n) is 10.2. The maximum atomic E-state index is 6.19. The Morgan fingerprint density at radius 2 is 1.94 bits per heavy atom. The number of rotatable bonds is 8. The fraction of sp³-hybridized carbons (Fsp3) is 0.654. The minimum Gasteiger partial charge on any atom is -0.493 e. The number of anilines is 1. The van der Waals surface area contributed by atoms with Crippen molar-refractivity contribution in [3.8, 4) is 11.5 Å². The van der Waals surface area contributed by atoms with Crippen LogP contribution in [0.15, 0.2) is 12.1 Å². The fourth-order valence-corrected chi connectivity index (χ4v) is 5.14.